The van der Waals surface area contributed by atoms with Crippen LogP contribution in [0.4, 0.5) is 0 Å². The molecule has 138 valence electrons. The molecule has 0 aliphatic heterocycles. The molecule has 0 unspecified atom stereocenters. The molecule has 0 heterocycles. The van der Waals surface area contributed by atoms with E-state index in [9.17, 15) is 4.79 Å². The lowest BCUT2D eigenvalue weighted by Gasteiger charge is -2.04. The minimum absolute atomic E-state index is 0.211. The fraction of sp³-hybridized carbons (Fsp3) is 0.950. The van der Waals surface area contributed by atoms with Crippen molar-refractivity contribution in [3.05, 3.63) is 0 Å². The SMILES string of the molecule is CCCCCCCCCCCCCCSCC(=O)NCCCC. The van der Waals surface area contributed by atoms with Crippen LogP contribution in [-0.4, -0.2) is 24.0 Å². The van der Waals surface area contributed by atoms with Crippen molar-refractivity contribution in [3.63, 3.8) is 0 Å². The second kappa shape index (κ2) is 19.9. The molecular weight excluding hydrogens is 302 g/mol. The highest BCUT2D eigenvalue weighted by atomic mass is 32.2. The molecule has 0 aliphatic carbocycles. The highest BCUT2D eigenvalue weighted by Gasteiger charge is 2.00. The van der Waals surface area contributed by atoms with E-state index in [0.717, 1.165) is 25.1 Å². The Labute approximate surface area is 150 Å². The minimum Gasteiger partial charge on any atom is -0.355 e. The molecule has 0 atom stereocenters. The summed E-state index contributed by atoms with van der Waals surface area (Å²) in [5.41, 5.74) is 0. The molecule has 0 aliphatic rings. The van der Waals surface area contributed by atoms with E-state index in [1.165, 1.54) is 77.0 Å². The van der Waals surface area contributed by atoms with Crippen LogP contribution >= 0.6 is 11.8 Å². The summed E-state index contributed by atoms with van der Waals surface area (Å²) in [7, 11) is 0. The summed E-state index contributed by atoms with van der Waals surface area (Å²) in [6.07, 6.45) is 19.0. The fourth-order valence-corrected chi connectivity index (χ4v) is 3.51. The van der Waals surface area contributed by atoms with Crippen LogP contribution in [0.1, 0.15) is 104 Å². The van der Waals surface area contributed by atoms with Crippen molar-refractivity contribution in [3.8, 4) is 0 Å². The van der Waals surface area contributed by atoms with E-state index in [1.54, 1.807) is 11.8 Å². The Morgan fingerprint density at radius 1 is 0.696 bits per heavy atom. The van der Waals surface area contributed by atoms with E-state index in [2.05, 4.69) is 19.2 Å². The zero-order chi connectivity index (χ0) is 17.0. The first-order valence-electron chi connectivity index (χ1n) is 10.2. The zero-order valence-corrected chi connectivity index (χ0v) is 16.7. The number of amides is 1. The molecule has 1 N–H and O–H groups in total. The number of carbonyl (C=O) groups is 1. The number of hydrogen-bond donors (Lipinski definition) is 1. The van der Waals surface area contributed by atoms with Crippen LogP contribution in [0.2, 0.25) is 0 Å². The van der Waals surface area contributed by atoms with Crippen molar-refractivity contribution in [2.45, 2.75) is 104 Å². The number of thioether (sulfide) groups is 1. The second-order valence-electron chi connectivity index (χ2n) is 6.65. The minimum atomic E-state index is 0.211. The summed E-state index contributed by atoms with van der Waals surface area (Å²) >= 11 is 1.79. The Morgan fingerprint density at radius 2 is 1.17 bits per heavy atom. The van der Waals surface area contributed by atoms with Gasteiger partial charge in [-0.2, -0.15) is 11.8 Å². The van der Waals surface area contributed by atoms with E-state index < -0.39 is 0 Å². The molecule has 0 rings (SSSR count). The maximum atomic E-state index is 11.5. The Kier molecular flexibility index (Phi) is 19.7. The van der Waals surface area contributed by atoms with Gasteiger partial charge in [0.15, 0.2) is 0 Å². The molecule has 0 aromatic carbocycles. The topological polar surface area (TPSA) is 29.1 Å². The van der Waals surface area contributed by atoms with Gasteiger partial charge < -0.3 is 5.32 Å². The smallest absolute Gasteiger partial charge is 0.229 e. The van der Waals surface area contributed by atoms with Gasteiger partial charge in [0.25, 0.3) is 0 Å². The van der Waals surface area contributed by atoms with Crippen molar-refractivity contribution in [1.82, 2.24) is 5.32 Å². The molecular formula is C20H41NOS. The van der Waals surface area contributed by atoms with Gasteiger partial charge in [0, 0.05) is 6.54 Å². The number of rotatable bonds is 18. The van der Waals surface area contributed by atoms with Crippen LogP contribution < -0.4 is 5.32 Å². The summed E-state index contributed by atoms with van der Waals surface area (Å²) in [5.74, 6) is 1.99. The first kappa shape index (κ1) is 22.8. The highest BCUT2D eigenvalue weighted by Crippen LogP contribution is 2.13. The number of nitrogens with one attached hydrogen (secondary N) is 1. The summed E-state index contributed by atoms with van der Waals surface area (Å²) in [6, 6.07) is 0. The fourth-order valence-electron chi connectivity index (χ4n) is 2.67. The lowest BCUT2D eigenvalue weighted by molar-refractivity contribution is -0.118. The summed E-state index contributed by atoms with van der Waals surface area (Å²) in [4.78, 5) is 11.5. The third-order valence-electron chi connectivity index (χ3n) is 4.23. The molecule has 2 nitrogen and oxygen atoms in total. The Morgan fingerprint density at radius 3 is 1.70 bits per heavy atom. The third-order valence-corrected chi connectivity index (χ3v) is 5.27. The maximum Gasteiger partial charge on any atom is 0.229 e. The van der Waals surface area contributed by atoms with Crippen LogP contribution in [0.25, 0.3) is 0 Å². The van der Waals surface area contributed by atoms with Gasteiger partial charge in [0.1, 0.15) is 0 Å². The van der Waals surface area contributed by atoms with Gasteiger partial charge in [-0.15, -0.1) is 0 Å². The molecule has 0 spiro atoms. The molecule has 0 radical (unpaired) electrons. The van der Waals surface area contributed by atoms with Gasteiger partial charge in [0.05, 0.1) is 5.75 Å². The van der Waals surface area contributed by atoms with E-state index in [1.807, 2.05) is 0 Å². The Hall–Kier alpha value is -0.180. The largest absolute Gasteiger partial charge is 0.355 e. The second-order valence-corrected chi connectivity index (χ2v) is 7.75. The van der Waals surface area contributed by atoms with E-state index in [4.69, 9.17) is 0 Å². The van der Waals surface area contributed by atoms with Gasteiger partial charge in [-0.05, 0) is 18.6 Å². The maximum absolute atomic E-state index is 11.5. The average molecular weight is 344 g/mol. The van der Waals surface area contributed by atoms with Gasteiger partial charge in [-0.25, -0.2) is 0 Å². The van der Waals surface area contributed by atoms with Gasteiger partial charge in [0.2, 0.25) is 5.91 Å². The zero-order valence-electron chi connectivity index (χ0n) is 15.8. The monoisotopic (exact) mass is 343 g/mol. The quantitative estimate of drug-likeness (QED) is 0.294. The third kappa shape index (κ3) is 19.8. The van der Waals surface area contributed by atoms with Crippen LogP contribution in [0.5, 0.6) is 0 Å². The Bertz CT molecular complexity index is 246. The number of carbonyl (C=O) groups excluding carboxylic acids is 1. The molecule has 3 heteroatoms. The summed E-state index contributed by atoms with van der Waals surface area (Å²) < 4.78 is 0. The van der Waals surface area contributed by atoms with Gasteiger partial charge in [-0.3, -0.25) is 4.79 Å². The molecule has 1 amide bonds. The van der Waals surface area contributed by atoms with Gasteiger partial charge >= 0.3 is 0 Å². The van der Waals surface area contributed by atoms with E-state index >= 15 is 0 Å². The van der Waals surface area contributed by atoms with Crippen molar-refractivity contribution in [2.24, 2.45) is 0 Å². The van der Waals surface area contributed by atoms with Crippen molar-refractivity contribution < 1.29 is 4.79 Å². The molecule has 0 bridgehead atoms. The lowest BCUT2D eigenvalue weighted by atomic mass is 10.1. The van der Waals surface area contributed by atoms with Crippen molar-refractivity contribution in [2.75, 3.05) is 18.1 Å². The Balaban J connectivity index is 3.06. The number of hydrogen-bond acceptors (Lipinski definition) is 2. The van der Waals surface area contributed by atoms with Crippen LogP contribution in [-0.2, 0) is 4.79 Å². The van der Waals surface area contributed by atoms with Crippen LogP contribution in [0.3, 0.4) is 0 Å². The van der Waals surface area contributed by atoms with Gasteiger partial charge in [-0.1, -0.05) is 90.9 Å². The van der Waals surface area contributed by atoms with Crippen molar-refractivity contribution >= 4 is 17.7 Å². The highest BCUT2D eigenvalue weighted by molar-refractivity contribution is 7.99. The summed E-state index contributed by atoms with van der Waals surface area (Å²) in [6.45, 7) is 5.27. The molecule has 0 saturated heterocycles. The van der Waals surface area contributed by atoms with Crippen LogP contribution in [0.15, 0.2) is 0 Å². The van der Waals surface area contributed by atoms with Crippen LogP contribution in [0, 0.1) is 0 Å². The molecule has 0 saturated carbocycles. The van der Waals surface area contributed by atoms with E-state index in [0.29, 0.717) is 5.75 Å². The summed E-state index contributed by atoms with van der Waals surface area (Å²) in [5, 5.41) is 2.97. The van der Waals surface area contributed by atoms with E-state index in [-0.39, 0.29) is 5.91 Å². The first-order valence-corrected chi connectivity index (χ1v) is 11.3. The first-order chi connectivity index (χ1) is 11.3. The van der Waals surface area contributed by atoms with Crippen molar-refractivity contribution in [1.29, 1.82) is 0 Å². The molecule has 23 heavy (non-hydrogen) atoms. The normalized spacial score (nSPS) is 10.9. The predicted molar refractivity (Wildman–Crippen MR) is 106 cm³/mol. The predicted octanol–water partition coefficient (Wildman–Crippen LogP) is 6.34. The lowest BCUT2D eigenvalue weighted by Crippen LogP contribution is -2.26. The average Bonchev–Trinajstić information content (AvgIpc) is 2.55. The number of unbranched alkanes of at least 4 members (excludes halogenated alkanes) is 12. The standard InChI is InChI=1S/C20H41NOS/c1-3-5-7-8-9-10-11-12-13-14-15-16-18-23-19-20(22)21-17-6-4-2/h3-19H2,1-2H3,(H,21,22). The molecule has 0 aromatic rings. The molecule has 0 aromatic heterocycles. The molecule has 0 fully saturated rings.